The Balaban J connectivity index is 1.63. The Hall–Kier alpha value is -1.95. The van der Waals surface area contributed by atoms with Gasteiger partial charge >= 0.3 is 0 Å². The van der Waals surface area contributed by atoms with Crippen LogP contribution in [0, 0.1) is 6.92 Å². The molecule has 128 valence electrons. The largest absolute Gasteiger partial charge is 0.490 e. The zero-order chi connectivity index (χ0) is 16.8. The number of ether oxygens (including phenoxy) is 2. The quantitative estimate of drug-likeness (QED) is 0.910. The van der Waals surface area contributed by atoms with E-state index in [0.717, 1.165) is 24.4 Å². The van der Waals surface area contributed by atoms with Crippen LogP contribution in [0.3, 0.4) is 0 Å². The lowest BCUT2D eigenvalue weighted by atomic mass is 10.1. The Morgan fingerprint density at radius 1 is 1.25 bits per heavy atom. The first-order valence-corrected chi connectivity index (χ1v) is 8.24. The van der Waals surface area contributed by atoms with Crippen molar-refractivity contribution in [3.63, 3.8) is 0 Å². The van der Waals surface area contributed by atoms with Gasteiger partial charge in [-0.2, -0.15) is 0 Å². The molecule has 2 heterocycles. The Bertz CT molecular complexity index is 650. The number of pyridine rings is 1. The minimum absolute atomic E-state index is 0.213. The highest BCUT2D eigenvalue weighted by molar-refractivity contribution is 5.31. The van der Waals surface area contributed by atoms with E-state index in [9.17, 15) is 5.11 Å². The van der Waals surface area contributed by atoms with Crippen molar-refractivity contribution in [2.75, 3.05) is 32.9 Å². The summed E-state index contributed by atoms with van der Waals surface area (Å²) < 4.78 is 11.5. The van der Waals surface area contributed by atoms with Crippen molar-refractivity contribution < 1.29 is 14.6 Å². The van der Waals surface area contributed by atoms with Crippen molar-refractivity contribution in [2.24, 2.45) is 0 Å². The van der Waals surface area contributed by atoms with Gasteiger partial charge in [0.2, 0.25) is 0 Å². The van der Waals surface area contributed by atoms with E-state index in [1.165, 1.54) is 5.56 Å². The predicted octanol–water partition coefficient (Wildman–Crippen LogP) is 2.03. The van der Waals surface area contributed by atoms with E-state index in [1.54, 1.807) is 12.4 Å². The summed E-state index contributed by atoms with van der Waals surface area (Å²) in [6, 6.07) is 11.8. The average molecular weight is 328 g/mol. The number of para-hydroxylation sites is 1. The molecule has 0 aliphatic carbocycles. The van der Waals surface area contributed by atoms with Crippen LogP contribution in [0.15, 0.2) is 48.8 Å². The molecule has 3 rings (SSSR count). The van der Waals surface area contributed by atoms with Gasteiger partial charge in [-0.25, -0.2) is 0 Å². The highest BCUT2D eigenvalue weighted by Crippen LogP contribution is 2.20. The number of rotatable bonds is 5. The molecule has 0 saturated carbocycles. The van der Waals surface area contributed by atoms with Gasteiger partial charge in [0, 0.05) is 32.0 Å². The van der Waals surface area contributed by atoms with E-state index in [-0.39, 0.29) is 13.2 Å². The molecular weight excluding hydrogens is 304 g/mol. The van der Waals surface area contributed by atoms with Gasteiger partial charge in [0.1, 0.15) is 18.0 Å². The molecule has 1 saturated heterocycles. The molecule has 1 aromatic heterocycles. The maximum atomic E-state index is 10.9. The summed E-state index contributed by atoms with van der Waals surface area (Å²) >= 11 is 0. The molecule has 1 unspecified atom stereocenters. The summed E-state index contributed by atoms with van der Waals surface area (Å²) in [5.74, 6) is 0.802. The number of nitrogens with zero attached hydrogens (tertiary/aromatic N) is 2. The Morgan fingerprint density at radius 3 is 2.83 bits per heavy atom. The summed E-state index contributed by atoms with van der Waals surface area (Å²) in [6.45, 7) is 5.17. The fraction of sp³-hybridized carbons (Fsp3) is 0.421. The van der Waals surface area contributed by atoms with Gasteiger partial charge < -0.3 is 14.6 Å². The van der Waals surface area contributed by atoms with Crippen LogP contribution in [0.5, 0.6) is 5.75 Å². The average Bonchev–Trinajstić information content (AvgIpc) is 2.77. The second kappa shape index (κ2) is 7.75. The first kappa shape index (κ1) is 16.9. The van der Waals surface area contributed by atoms with Crippen LogP contribution in [-0.2, 0) is 11.3 Å². The number of aromatic nitrogens is 1. The maximum Gasteiger partial charge on any atom is 0.134 e. The van der Waals surface area contributed by atoms with E-state index in [0.29, 0.717) is 13.2 Å². The number of benzene rings is 1. The van der Waals surface area contributed by atoms with Crippen molar-refractivity contribution in [1.29, 1.82) is 0 Å². The molecule has 1 aliphatic rings. The second-order valence-electron chi connectivity index (χ2n) is 6.40. The number of hydrogen-bond donors (Lipinski definition) is 1. The number of aryl methyl sites for hydroxylation is 1. The second-order valence-corrected chi connectivity index (χ2v) is 6.40. The SMILES string of the molecule is Cc1ccccc1OCC1(O)COCCN(Cc2ccncc2)C1. The van der Waals surface area contributed by atoms with Gasteiger partial charge in [-0.1, -0.05) is 18.2 Å². The van der Waals surface area contributed by atoms with E-state index in [2.05, 4.69) is 9.88 Å². The molecule has 5 nitrogen and oxygen atoms in total. The van der Waals surface area contributed by atoms with E-state index in [1.807, 2.05) is 43.3 Å². The van der Waals surface area contributed by atoms with Crippen molar-refractivity contribution in [2.45, 2.75) is 19.1 Å². The third kappa shape index (κ3) is 4.54. The third-order valence-corrected chi connectivity index (χ3v) is 4.19. The lowest BCUT2D eigenvalue weighted by Crippen LogP contribution is -2.48. The topological polar surface area (TPSA) is 54.8 Å². The van der Waals surface area contributed by atoms with Crippen LogP contribution >= 0.6 is 0 Å². The summed E-state index contributed by atoms with van der Waals surface area (Å²) in [6.07, 6.45) is 3.58. The molecule has 24 heavy (non-hydrogen) atoms. The van der Waals surface area contributed by atoms with Crippen LogP contribution in [0.2, 0.25) is 0 Å². The Kier molecular flexibility index (Phi) is 5.45. The van der Waals surface area contributed by atoms with Gasteiger partial charge in [-0.3, -0.25) is 9.88 Å². The lowest BCUT2D eigenvalue weighted by molar-refractivity contribution is -0.0647. The van der Waals surface area contributed by atoms with Crippen LogP contribution in [0.1, 0.15) is 11.1 Å². The maximum absolute atomic E-state index is 10.9. The molecule has 2 aromatic rings. The molecule has 0 bridgehead atoms. The molecule has 1 atom stereocenters. The molecule has 0 radical (unpaired) electrons. The minimum atomic E-state index is -1.02. The molecule has 1 N–H and O–H groups in total. The summed E-state index contributed by atoms with van der Waals surface area (Å²) in [5.41, 5.74) is 1.21. The summed E-state index contributed by atoms with van der Waals surface area (Å²) in [7, 11) is 0. The Labute approximate surface area is 142 Å². The molecule has 1 aromatic carbocycles. The molecule has 1 fully saturated rings. The van der Waals surface area contributed by atoms with Gasteiger partial charge in [0.15, 0.2) is 0 Å². The zero-order valence-electron chi connectivity index (χ0n) is 14.0. The van der Waals surface area contributed by atoms with Crippen LogP contribution in [-0.4, -0.2) is 53.5 Å². The number of hydrogen-bond acceptors (Lipinski definition) is 5. The lowest BCUT2D eigenvalue weighted by Gasteiger charge is -2.30. The molecule has 0 spiro atoms. The smallest absolute Gasteiger partial charge is 0.134 e. The normalized spacial score (nSPS) is 22.1. The van der Waals surface area contributed by atoms with Crippen LogP contribution < -0.4 is 4.74 Å². The highest BCUT2D eigenvalue weighted by atomic mass is 16.5. The van der Waals surface area contributed by atoms with Gasteiger partial charge in [0.25, 0.3) is 0 Å². The van der Waals surface area contributed by atoms with Gasteiger partial charge in [-0.15, -0.1) is 0 Å². The van der Waals surface area contributed by atoms with Crippen molar-refractivity contribution in [1.82, 2.24) is 9.88 Å². The predicted molar refractivity (Wildman–Crippen MR) is 92.0 cm³/mol. The van der Waals surface area contributed by atoms with E-state index < -0.39 is 5.60 Å². The van der Waals surface area contributed by atoms with Crippen molar-refractivity contribution in [3.05, 3.63) is 59.9 Å². The first-order valence-electron chi connectivity index (χ1n) is 8.24. The first-order chi connectivity index (χ1) is 11.6. The standard InChI is InChI=1S/C19H24N2O3/c1-16-4-2-3-5-18(16)24-15-19(22)13-21(10-11-23-14-19)12-17-6-8-20-9-7-17/h2-9,22H,10-15H2,1H3. The van der Waals surface area contributed by atoms with E-state index >= 15 is 0 Å². The van der Waals surface area contributed by atoms with Gasteiger partial charge in [0.05, 0.1) is 13.2 Å². The summed E-state index contributed by atoms with van der Waals surface area (Å²) in [5, 5.41) is 10.9. The number of aliphatic hydroxyl groups is 1. The van der Waals surface area contributed by atoms with Crippen molar-refractivity contribution in [3.8, 4) is 5.75 Å². The molecule has 0 amide bonds. The van der Waals surface area contributed by atoms with Crippen molar-refractivity contribution >= 4 is 0 Å². The highest BCUT2D eigenvalue weighted by Gasteiger charge is 2.33. The Morgan fingerprint density at radius 2 is 2.04 bits per heavy atom. The minimum Gasteiger partial charge on any atom is -0.490 e. The molecule has 1 aliphatic heterocycles. The zero-order valence-corrected chi connectivity index (χ0v) is 14.0. The third-order valence-electron chi connectivity index (χ3n) is 4.19. The van der Waals surface area contributed by atoms with E-state index in [4.69, 9.17) is 9.47 Å². The fourth-order valence-electron chi connectivity index (χ4n) is 2.90. The monoisotopic (exact) mass is 328 g/mol. The van der Waals surface area contributed by atoms with Gasteiger partial charge in [-0.05, 0) is 36.2 Å². The fourth-order valence-corrected chi connectivity index (χ4v) is 2.90. The number of β-amino-alcohol motifs (C(OH)–C–C–N with tert-alkyl or cyclic N) is 1. The molecule has 5 heteroatoms. The van der Waals surface area contributed by atoms with Crippen LogP contribution in [0.25, 0.3) is 0 Å². The molecular formula is C19H24N2O3. The summed E-state index contributed by atoms with van der Waals surface area (Å²) in [4.78, 5) is 6.24. The van der Waals surface area contributed by atoms with Crippen LogP contribution in [0.4, 0.5) is 0 Å².